The lowest BCUT2D eigenvalue weighted by molar-refractivity contribution is 0.0950. The van der Waals surface area contributed by atoms with E-state index in [4.69, 9.17) is 21.1 Å². The van der Waals surface area contributed by atoms with E-state index in [1.807, 2.05) is 12.1 Å². The largest absolute Gasteiger partial charge is 0.493 e. The van der Waals surface area contributed by atoms with E-state index in [-0.39, 0.29) is 5.91 Å². The van der Waals surface area contributed by atoms with Gasteiger partial charge in [0.2, 0.25) is 0 Å². The molecule has 0 spiro atoms. The van der Waals surface area contributed by atoms with E-state index in [0.717, 1.165) is 24.5 Å². The highest BCUT2D eigenvalue weighted by Gasteiger charge is 2.15. The van der Waals surface area contributed by atoms with E-state index in [2.05, 4.69) is 29.0 Å². The van der Waals surface area contributed by atoms with Gasteiger partial charge in [-0.2, -0.15) is 0 Å². The molecule has 1 N–H and O–H groups in total. The third kappa shape index (κ3) is 4.58. The number of amides is 1. The molecule has 2 aromatic rings. The molecule has 26 heavy (non-hydrogen) atoms. The van der Waals surface area contributed by atoms with Crippen molar-refractivity contribution in [3.05, 3.63) is 46.6 Å². The Morgan fingerprint density at radius 1 is 1.19 bits per heavy atom. The first-order valence-electron chi connectivity index (χ1n) is 8.43. The van der Waals surface area contributed by atoms with Gasteiger partial charge in [0.1, 0.15) is 5.82 Å². The van der Waals surface area contributed by atoms with Crippen LogP contribution in [0.4, 0.5) is 5.82 Å². The summed E-state index contributed by atoms with van der Waals surface area (Å²) < 4.78 is 10.4. The van der Waals surface area contributed by atoms with E-state index < -0.39 is 0 Å². The number of rotatable bonds is 8. The Hall–Kier alpha value is -2.47. The number of carbonyl (C=O) groups is 1. The number of aromatic nitrogens is 1. The first kappa shape index (κ1) is 19.8. The van der Waals surface area contributed by atoms with Crippen LogP contribution >= 0.6 is 11.6 Å². The third-order valence-corrected chi connectivity index (χ3v) is 4.33. The standard InChI is InChI=1S/C19H24ClN3O3/c1-5-23(6-2)17-8-7-13(11-21-17)12-22-19(24)14-9-15(20)18(26-4)16(10-14)25-3/h7-11H,5-6,12H2,1-4H3,(H,22,24). The van der Waals surface area contributed by atoms with E-state index >= 15 is 0 Å². The highest BCUT2D eigenvalue weighted by molar-refractivity contribution is 6.32. The zero-order valence-electron chi connectivity index (χ0n) is 15.5. The van der Waals surface area contributed by atoms with Crippen molar-refractivity contribution in [1.29, 1.82) is 0 Å². The van der Waals surface area contributed by atoms with Gasteiger partial charge in [0.25, 0.3) is 5.91 Å². The second-order valence-corrected chi connectivity index (χ2v) is 5.98. The van der Waals surface area contributed by atoms with Gasteiger partial charge in [-0.15, -0.1) is 0 Å². The van der Waals surface area contributed by atoms with E-state index in [0.29, 0.717) is 28.6 Å². The van der Waals surface area contributed by atoms with Gasteiger partial charge in [-0.05, 0) is 37.6 Å². The molecule has 1 aromatic carbocycles. The number of pyridine rings is 1. The van der Waals surface area contributed by atoms with Gasteiger partial charge in [-0.25, -0.2) is 4.98 Å². The van der Waals surface area contributed by atoms with Crippen molar-refractivity contribution < 1.29 is 14.3 Å². The first-order chi connectivity index (χ1) is 12.5. The van der Waals surface area contributed by atoms with Crippen LogP contribution in [-0.4, -0.2) is 38.2 Å². The van der Waals surface area contributed by atoms with E-state index in [1.54, 1.807) is 18.3 Å². The summed E-state index contributed by atoms with van der Waals surface area (Å²) in [5.41, 5.74) is 1.32. The van der Waals surface area contributed by atoms with Gasteiger partial charge >= 0.3 is 0 Å². The van der Waals surface area contributed by atoms with Crippen LogP contribution in [0.3, 0.4) is 0 Å². The number of nitrogens with one attached hydrogen (secondary N) is 1. The van der Waals surface area contributed by atoms with Crippen LogP contribution in [0.5, 0.6) is 11.5 Å². The summed E-state index contributed by atoms with van der Waals surface area (Å²) in [5.74, 6) is 1.50. The first-order valence-corrected chi connectivity index (χ1v) is 8.81. The molecule has 1 heterocycles. The molecule has 0 fully saturated rings. The molecule has 140 valence electrons. The van der Waals surface area contributed by atoms with E-state index in [1.165, 1.54) is 14.2 Å². The Morgan fingerprint density at radius 2 is 1.92 bits per heavy atom. The molecule has 0 aliphatic carbocycles. The van der Waals surface area contributed by atoms with Gasteiger partial charge < -0.3 is 19.7 Å². The fourth-order valence-corrected chi connectivity index (χ4v) is 2.88. The fraction of sp³-hybridized carbons (Fsp3) is 0.368. The molecule has 0 atom stereocenters. The molecular weight excluding hydrogens is 354 g/mol. The van der Waals surface area contributed by atoms with Crippen molar-refractivity contribution >= 4 is 23.3 Å². The lowest BCUT2D eigenvalue weighted by atomic mass is 10.1. The number of anilines is 1. The lowest BCUT2D eigenvalue weighted by Crippen LogP contribution is -2.24. The van der Waals surface area contributed by atoms with Gasteiger partial charge in [-0.3, -0.25) is 4.79 Å². The van der Waals surface area contributed by atoms with Crippen molar-refractivity contribution in [1.82, 2.24) is 10.3 Å². The second-order valence-electron chi connectivity index (χ2n) is 5.57. The molecule has 7 heteroatoms. The highest BCUT2D eigenvalue weighted by atomic mass is 35.5. The molecule has 0 aliphatic heterocycles. The third-order valence-electron chi connectivity index (χ3n) is 4.05. The van der Waals surface area contributed by atoms with Gasteiger partial charge in [0, 0.05) is 31.4 Å². The summed E-state index contributed by atoms with van der Waals surface area (Å²) in [6.45, 7) is 6.36. The Kier molecular flexibility index (Phi) is 7.09. The zero-order valence-corrected chi connectivity index (χ0v) is 16.3. The van der Waals surface area contributed by atoms with Crippen LogP contribution in [0.2, 0.25) is 5.02 Å². The molecule has 0 radical (unpaired) electrons. The van der Waals surface area contributed by atoms with Crippen LogP contribution in [-0.2, 0) is 6.54 Å². The maximum absolute atomic E-state index is 12.4. The normalized spacial score (nSPS) is 10.3. The highest BCUT2D eigenvalue weighted by Crippen LogP contribution is 2.35. The second kappa shape index (κ2) is 9.29. The van der Waals surface area contributed by atoms with Crippen LogP contribution in [0.25, 0.3) is 0 Å². The lowest BCUT2D eigenvalue weighted by Gasteiger charge is -2.19. The van der Waals surface area contributed by atoms with Crippen LogP contribution < -0.4 is 19.7 Å². The molecule has 1 aromatic heterocycles. The molecular formula is C19H24ClN3O3. The van der Waals surface area contributed by atoms with Gasteiger partial charge in [-0.1, -0.05) is 17.7 Å². The monoisotopic (exact) mass is 377 g/mol. The number of methoxy groups -OCH3 is 2. The molecule has 0 unspecified atom stereocenters. The number of hydrogen-bond donors (Lipinski definition) is 1. The Labute approximate surface area is 159 Å². The van der Waals surface area contributed by atoms with Crippen molar-refractivity contribution in [2.24, 2.45) is 0 Å². The SMILES string of the molecule is CCN(CC)c1ccc(CNC(=O)c2cc(Cl)c(OC)c(OC)c2)cn1. The number of nitrogens with zero attached hydrogens (tertiary/aromatic N) is 2. The Morgan fingerprint density at radius 3 is 2.46 bits per heavy atom. The van der Waals surface area contributed by atoms with Gasteiger partial charge in [0.05, 0.1) is 19.2 Å². The number of benzene rings is 1. The number of hydrogen-bond acceptors (Lipinski definition) is 5. The smallest absolute Gasteiger partial charge is 0.251 e. The van der Waals surface area contributed by atoms with Crippen molar-refractivity contribution in [3.63, 3.8) is 0 Å². The van der Waals surface area contributed by atoms with Crippen LogP contribution in [0, 0.1) is 0 Å². The summed E-state index contributed by atoms with van der Waals surface area (Å²) in [6.07, 6.45) is 1.77. The summed E-state index contributed by atoms with van der Waals surface area (Å²) in [5, 5.41) is 3.18. The summed E-state index contributed by atoms with van der Waals surface area (Å²) in [7, 11) is 3.00. The summed E-state index contributed by atoms with van der Waals surface area (Å²) >= 11 is 6.15. The quantitative estimate of drug-likeness (QED) is 0.762. The summed E-state index contributed by atoms with van der Waals surface area (Å²) in [6, 6.07) is 7.08. The number of ether oxygens (including phenoxy) is 2. The Bertz CT molecular complexity index is 746. The van der Waals surface area contributed by atoms with Crippen molar-refractivity contribution in [2.45, 2.75) is 20.4 Å². The predicted molar refractivity (Wildman–Crippen MR) is 104 cm³/mol. The fourth-order valence-electron chi connectivity index (χ4n) is 2.59. The maximum Gasteiger partial charge on any atom is 0.251 e. The average molecular weight is 378 g/mol. The predicted octanol–water partition coefficient (Wildman–Crippen LogP) is 3.53. The minimum atomic E-state index is -0.249. The molecule has 0 bridgehead atoms. The Balaban J connectivity index is 2.06. The number of halogens is 1. The molecule has 2 rings (SSSR count). The van der Waals surface area contributed by atoms with Crippen molar-refractivity contribution in [3.8, 4) is 11.5 Å². The van der Waals surface area contributed by atoms with Crippen LogP contribution in [0.15, 0.2) is 30.5 Å². The maximum atomic E-state index is 12.4. The van der Waals surface area contributed by atoms with Gasteiger partial charge in [0.15, 0.2) is 11.5 Å². The molecule has 0 saturated carbocycles. The van der Waals surface area contributed by atoms with Crippen LogP contribution in [0.1, 0.15) is 29.8 Å². The van der Waals surface area contributed by atoms with Crippen molar-refractivity contribution in [2.75, 3.05) is 32.2 Å². The molecule has 6 nitrogen and oxygen atoms in total. The molecule has 0 saturated heterocycles. The minimum Gasteiger partial charge on any atom is -0.493 e. The molecule has 0 aliphatic rings. The zero-order chi connectivity index (χ0) is 19.1. The summed E-state index contributed by atoms with van der Waals surface area (Å²) in [4.78, 5) is 19.0. The van der Waals surface area contributed by atoms with E-state index in [9.17, 15) is 4.79 Å². The topological polar surface area (TPSA) is 63.7 Å². The number of carbonyl (C=O) groups excluding carboxylic acids is 1. The molecule has 1 amide bonds. The average Bonchev–Trinajstić information content (AvgIpc) is 2.67. The minimum absolute atomic E-state index is 0.249.